The van der Waals surface area contributed by atoms with Crippen LogP contribution >= 0.6 is 0 Å². The van der Waals surface area contributed by atoms with Gasteiger partial charge in [-0.3, -0.25) is 0 Å². The largest absolute Gasteiger partial charge is 0.507 e. The zero-order chi connectivity index (χ0) is 25.6. The van der Waals surface area contributed by atoms with E-state index in [1.165, 1.54) is 6.07 Å². The van der Waals surface area contributed by atoms with E-state index in [4.69, 9.17) is 25.2 Å². The van der Waals surface area contributed by atoms with Crippen molar-refractivity contribution in [2.45, 2.75) is 32.7 Å². The van der Waals surface area contributed by atoms with Gasteiger partial charge in [0.05, 0.1) is 11.3 Å². The summed E-state index contributed by atoms with van der Waals surface area (Å²) in [6.07, 6.45) is 3.36. The average molecular weight is 499 g/mol. The molecule has 4 aliphatic rings. The van der Waals surface area contributed by atoms with Gasteiger partial charge >= 0.3 is 6.01 Å². The first kappa shape index (κ1) is 22.3. The van der Waals surface area contributed by atoms with Crippen LogP contribution in [0.4, 0.5) is 10.2 Å². The minimum Gasteiger partial charge on any atom is -0.507 e. The number of nitrogens with two attached hydrogens (primary N) is 1. The van der Waals surface area contributed by atoms with Gasteiger partial charge in [-0.05, 0) is 72.6 Å². The van der Waals surface area contributed by atoms with Crippen LogP contribution in [0.2, 0.25) is 0 Å². The lowest BCUT2D eigenvalue weighted by molar-refractivity contribution is 0.194. The molecule has 37 heavy (non-hydrogen) atoms. The SMILES string of the molecule is C=C1C=C(C)c2c(O)cc(Oc3nc4c(c(N5CC6C[C@@H](N)C6C5)n3)-c3cc(F)cc(C)c3C4)cc2O1. The molecule has 7 nitrogen and oxygen atoms in total. The van der Waals surface area contributed by atoms with Crippen molar-refractivity contribution >= 4 is 11.4 Å². The van der Waals surface area contributed by atoms with E-state index in [1.54, 1.807) is 24.3 Å². The summed E-state index contributed by atoms with van der Waals surface area (Å²) in [5.41, 5.74) is 12.2. The molecule has 7 rings (SSSR count). The number of rotatable bonds is 3. The van der Waals surface area contributed by atoms with Crippen LogP contribution < -0.4 is 20.1 Å². The smallest absolute Gasteiger partial charge is 0.324 e. The molecule has 0 amide bonds. The zero-order valence-electron chi connectivity index (χ0n) is 20.7. The van der Waals surface area contributed by atoms with Crippen LogP contribution in [-0.4, -0.2) is 34.2 Å². The molecular formula is C29H27FN4O3. The Labute approximate surface area is 214 Å². The van der Waals surface area contributed by atoms with E-state index < -0.39 is 0 Å². The van der Waals surface area contributed by atoms with Crippen LogP contribution in [0.15, 0.2) is 42.7 Å². The number of anilines is 1. The van der Waals surface area contributed by atoms with Crippen molar-refractivity contribution in [3.63, 3.8) is 0 Å². The maximum atomic E-state index is 14.5. The van der Waals surface area contributed by atoms with Crippen LogP contribution in [0.3, 0.4) is 0 Å². The summed E-state index contributed by atoms with van der Waals surface area (Å²) >= 11 is 0. The third-order valence-corrected chi connectivity index (χ3v) is 8.19. The number of ether oxygens (including phenoxy) is 2. The Morgan fingerprint density at radius 1 is 1.16 bits per heavy atom. The van der Waals surface area contributed by atoms with Crippen molar-refractivity contribution in [1.82, 2.24) is 9.97 Å². The number of fused-ring (bicyclic) bond motifs is 5. The predicted molar refractivity (Wildman–Crippen MR) is 138 cm³/mol. The molecule has 3 heterocycles. The number of benzene rings is 2. The number of halogens is 1. The molecule has 0 bridgehead atoms. The molecule has 2 unspecified atom stereocenters. The first-order chi connectivity index (χ1) is 17.7. The van der Waals surface area contributed by atoms with Gasteiger partial charge in [-0.2, -0.15) is 9.97 Å². The Hall–Kier alpha value is -3.91. The van der Waals surface area contributed by atoms with E-state index in [-0.39, 0.29) is 23.6 Å². The lowest BCUT2D eigenvalue weighted by Crippen LogP contribution is -2.46. The van der Waals surface area contributed by atoms with Gasteiger partial charge in [0.15, 0.2) is 0 Å². The highest BCUT2D eigenvalue weighted by molar-refractivity contribution is 5.86. The van der Waals surface area contributed by atoms with E-state index in [0.717, 1.165) is 58.8 Å². The van der Waals surface area contributed by atoms with Crippen molar-refractivity contribution in [3.05, 3.63) is 70.9 Å². The van der Waals surface area contributed by atoms with E-state index in [1.807, 2.05) is 13.8 Å². The third kappa shape index (κ3) is 3.43. The lowest BCUT2D eigenvalue weighted by Gasteiger charge is -2.36. The summed E-state index contributed by atoms with van der Waals surface area (Å²) < 4.78 is 26.3. The van der Waals surface area contributed by atoms with E-state index in [9.17, 15) is 9.50 Å². The molecule has 0 radical (unpaired) electrons. The Balaban J connectivity index is 1.31. The number of phenols is 1. The van der Waals surface area contributed by atoms with Crippen molar-refractivity contribution in [3.8, 4) is 34.4 Å². The van der Waals surface area contributed by atoms with Gasteiger partial charge in [-0.25, -0.2) is 4.39 Å². The number of phenolic OH excluding ortho intramolecular Hbond substituents is 1. The van der Waals surface area contributed by atoms with Crippen LogP contribution in [0.1, 0.15) is 35.7 Å². The fraction of sp³-hybridized carbons (Fsp3) is 0.310. The molecule has 2 fully saturated rings. The standard InChI is InChI=1S/C29H27FN4O3/c1-13-5-17(30)7-20-19(13)10-23-27(20)28(34-11-16-6-22(31)21(16)12-34)33-29(32-23)37-18-8-24(35)26-14(2)4-15(3)36-25(26)9-18/h4-5,7-9,16,21-22,35H,3,6,10-12,31H2,1-2H3/t16?,21?,22-/m1/s1. The molecule has 188 valence electrons. The van der Waals surface area contributed by atoms with E-state index in [0.29, 0.717) is 41.1 Å². The Morgan fingerprint density at radius 3 is 2.78 bits per heavy atom. The van der Waals surface area contributed by atoms with Gasteiger partial charge in [0, 0.05) is 43.2 Å². The summed E-state index contributed by atoms with van der Waals surface area (Å²) in [5, 5.41) is 10.7. The molecule has 2 aliphatic carbocycles. The van der Waals surface area contributed by atoms with E-state index in [2.05, 4.69) is 11.5 Å². The second kappa shape index (κ2) is 7.79. The summed E-state index contributed by atoms with van der Waals surface area (Å²) in [5.74, 6) is 2.79. The number of nitrogens with zero attached hydrogens (tertiary/aromatic N) is 3. The number of hydrogen-bond acceptors (Lipinski definition) is 7. The molecule has 2 aromatic carbocycles. The molecule has 0 spiro atoms. The maximum absolute atomic E-state index is 14.5. The molecular weight excluding hydrogens is 471 g/mol. The second-order valence-corrected chi connectivity index (χ2v) is 10.6. The van der Waals surface area contributed by atoms with Gasteiger partial charge in [-0.1, -0.05) is 6.58 Å². The molecule has 1 saturated heterocycles. The van der Waals surface area contributed by atoms with Gasteiger partial charge < -0.3 is 25.2 Å². The fourth-order valence-corrected chi connectivity index (χ4v) is 6.38. The third-order valence-electron chi connectivity index (χ3n) is 8.19. The maximum Gasteiger partial charge on any atom is 0.324 e. The number of allylic oxidation sites excluding steroid dienone is 2. The molecule has 3 aromatic rings. The molecule has 8 heteroatoms. The number of aromatic hydroxyl groups is 1. The normalized spacial score (nSPS) is 22.9. The zero-order valence-corrected chi connectivity index (χ0v) is 20.7. The van der Waals surface area contributed by atoms with Crippen LogP contribution in [0, 0.1) is 24.6 Å². The van der Waals surface area contributed by atoms with Gasteiger partial charge in [0.1, 0.15) is 34.6 Å². The molecule has 3 atom stereocenters. The predicted octanol–water partition coefficient (Wildman–Crippen LogP) is 5.09. The van der Waals surface area contributed by atoms with Crippen molar-refractivity contribution in [2.24, 2.45) is 17.6 Å². The Kier molecular flexibility index (Phi) is 4.70. The van der Waals surface area contributed by atoms with Gasteiger partial charge in [-0.15, -0.1) is 0 Å². The minimum atomic E-state index is -0.269. The molecule has 1 saturated carbocycles. The Morgan fingerprint density at radius 2 is 2.00 bits per heavy atom. The molecule has 1 aromatic heterocycles. The van der Waals surface area contributed by atoms with Crippen molar-refractivity contribution in [2.75, 3.05) is 18.0 Å². The topological polar surface area (TPSA) is 93.7 Å². The first-order valence-corrected chi connectivity index (χ1v) is 12.6. The summed E-state index contributed by atoms with van der Waals surface area (Å²) in [6, 6.07) is 6.76. The highest BCUT2D eigenvalue weighted by Crippen LogP contribution is 2.48. The second-order valence-electron chi connectivity index (χ2n) is 10.6. The highest BCUT2D eigenvalue weighted by atomic mass is 19.1. The van der Waals surface area contributed by atoms with E-state index >= 15 is 0 Å². The van der Waals surface area contributed by atoms with Crippen LogP contribution in [0.5, 0.6) is 23.3 Å². The summed E-state index contributed by atoms with van der Waals surface area (Å²) in [7, 11) is 0. The molecule has 2 aliphatic heterocycles. The molecule has 3 N–H and O–H groups in total. The van der Waals surface area contributed by atoms with Crippen LogP contribution in [-0.2, 0) is 6.42 Å². The lowest BCUT2D eigenvalue weighted by atomic mass is 9.72. The minimum absolute atomic E-state index is 0.0405. The average Bonchev–Trinajstić information content (AvgIpc) is 3.35. The van der Waals surface area contributed by atoms with Gasteiger partial charge in [0.25, 0.3) is 0 Å². The quantitative estimate of drug-likeness (QED) is 0.407. The number of aromatic nitrogens is 2. The van der Waals surface area contributed by atoms with Crippen molar-refractivity contribution < 1.29 is 19.0 Å². The van der Waals surface area contributed by atoms with Gasteiger partial charge in [0.2, 0.25) is 0 Å². The highest BCUT2D eigenvalue weighted by Gasteiger charge is 2.46. The number of aryl methyl sites for hydroxylation is 1. The Bertz CT molecular complexity index is 1550. The first-order valence-electron chi connectivity index (χ1n) is 12.6. The van der Waals surface area contributed by atoms with Crippen molar-refractivity contribution in [1.29, 1.82) is 0 Å². The van der Waals surface area contributed by atoms with Crippen LogP contribution in [0.25, 0.3) is 16.7 Å². The monoisotopic (exact) mass is 498 g/mol. The summed E-state index contributed by atoms with van der Waals surface area (Å²) in [6.45, 7) is 9.34. The summed E-state index contributed by atoms with van der Waals surface area (Å²) in [4.78, 5) is 11.8. The fourth-order valence-electron chi connectivity index (χ4n) is 6.38. The number of hydrogen-bond donors (Lipinski definition) is 2.